The first-order valence-electron chi connectivity index (χ1n) is 9.66. The maximum Gasteiger partial charge on any atom is 0.407 e. The molecule has 30 heavy (non-hydrogen) atoms. The number of fused-ring (bicyclic) bond motifs is 2. The Hall–Kier alpha value is -3.14. The lowest BCUT2D eigenvalue weighted by Crippen LogP contribution is -2.46. The fraction of sp³-hybridized carbons (Fsp3) is 0.500. The number of carbonyl (C=O) groups is 2. The molecule has 10 nitrogen and oxygen atoms in total. The molecule has 162 valence electrons. The maximum absolute atomic E-state index is 12.9. The van der Waals surface area contributed by atoms with E-state index in [0.29, 0.717) is 12.1 Å². The second-order valence-electron chi connectivity index (χ2n) is 8.17. The van der Waals surface area contributed by atoms with E-state index in [1.54, 1.807) is 45.0 Å². The highest BCUT2D eigenvalue weighted by molar-refractivity contribution is 5.85. The number of hydrogen-bond acceptors (Lipinski definition) is 6. The van der Waals surface area contributed by atoms with Gasteiger partial charge >= 0.3 is 17.8 Å². The van der Waals surface area contributed by atoms with Crippen molar-refractivity contribution in [2.45, 2.75) is 38.5 Å². The van der Waals surface area contributed by atoms with Crippen LogP contribution in [0.25, 0.3) is 5.57 Å². The molecular weight excluding hydrogens is 390 g/mol. The number of rotatable bonds is 6. The molecule has 1 aromatic heterocycles. The average molecular weight is 417 g/mol. The number of aromatic nitrogens is 2. The Bertz CT molecular complexity index is 932. The quantitative estimate of drug-likeness (QED) is 0.700. The van der Waals surface area contributed by atoms with Crippen LogP contribution in [0.15, 0.2) is 35.9 Å². The van der Waals surface area contributed by atoms with Crippen molar-refractivity contribution in [3.63, 3.8) is 0 Å². The number of urea groups is 1. The minimum atomic E-state index is -0.623. The predicted octanol–water partition coefficient (Wildman–Crippen LogP) is 1.29. The third kappa shape index (κ3) is 4.54. The van der Waals surface area contributed by atoms with Crippen molar-refractivity contribution in [1.29, 1.82) is 0 Å². The number of nitrogens with zero attached hydrogens (tertiary/aromatic N) is 4. The van der Waals surface area contributed by atoms with Crippen molar-refractivity contribution in [3.8, 4) is 0 Å². The summed E-state index contributed by atoms with van der Waals surface area (Å²) in [4.78, 5) is 47.8. The van der Waals surface area contributed by atoms with Crippen LogP contribution in [-0.2, 0) is 16.6 Å². The Labute approximate surface area is 174 Å². The number of aryl methyl sites for hydroxylation is 1. The molecule has 0 aliphatic carbocycles. The second-order valence-corrected chi connectivity index (χ2v) is 8.17. The molecule has 1 saturated heterocycles. The van der Waals surface area contributed by atoms with Gasteiger partial charge in [0.2, 0.25) is 0 Å². The lowest BCUT2D eigenvalue weighted by Gasteiger charge is -2.30. The van der Waals surface area contributed by atoms with Crippen LogP contribution in [0, 0.1) is 0 Å². The third-order valence-electron chi connectivity index (χ3n) is 4.69. The van der Waals surface area contributed by atoms with E-state index in [-0.39, 0.29) is 30.9 Å². The third-order valence-corrected chi connectivity index (χ3v) is 4.69. The normalized spacial score (nSPS) is 20.8. The molecular formula is C20H27N5O5. The molecule has 0 spiro atoms. The molecule has 0 saturated carbocycles. The summed E-state index contributed by atoms with van der Waals surface area (Å²) in [6, 6.07) is -1.08. The summed E-state index contributed by atoms with van der Waals surface area (Å²) in [6.07, 6.45) is 6.04. The van der Waals surface area contributed by atoms with Gasteiger partial charge in [0.1, 0.15) is 11.6 Å². The monoisotopic (exact) mass is 417 g/mol. The number of nitrogens with one attached hydrogen (secondary N) is 1. The van der Waals surface area contributed by atoms with Crippen molar-refractivity contribution in [3.05, 3.63) is 47.2 Å². The van der Waals surface area contributed by atoms with Crippen LogP contribution in [0.5, 0.6) is 0 Å². The molecule has 3 heterocycles. The van der Waals surface area contributed by atoms with Gasteiger partial charge in [-0.2, -0.15) is 5.06 Å². The topological polar surface area (TPSA) is 106 Å². The summed E-state index contributed by atoms with van der Waals surface area (Å²) < 4.78 is 6.66. The van der Waals surface area contributed by atoms with Crippen LogP contribution in [0.1, 0.15) is 26.3 Å². The molecule has 3 amide bonds. The Morgan fingerprint density at radius 3 is 2.77 bits per heavy atom. The Kier molecular flexibility index (Phi) is 5.97. The molecule has 10 heteroatoms. The maximum atomic E-state index is 12.9. The van der Waals surface area contributed by atoms with Crippen molar-refractivity contribution in [2.75, 3.05) is 19.7 Å². The molecule has 2 atom stereocenters. The van der Waals surface area contributed by atoms with Gasteiger partial charge in [0.25, 0.3) is 0 Å². The van der Waals surface area contributed by atoms with E-state index < -0.39 is 17.7 Å². The molecule has 2 aliphatic rings. The number of amides is 3. The number of hydrogen-bond donors (Lipinski definition) is 1. The lowest BCUT2D eigenvalue weighted by molar-refractivity contribution is -0.105. The zero-order valence-electron chi connectivity index (χ0n) is 17.6. The van der Waals surface area contributed by atoms with Crippen LogP contribution in [0.4, 0.5) is 9.59 Å². The zero-order chi connectivity index (χ0) is 22.1. The smallest absolute Gasteiger partial charge is 0.407 e. The summed E-state index contributed by atoms with van der Waals surface area (Å²) in [5, 5.41) is 4.03. The van der Waals surface area contributed by atoms with Crippen LogP contribution in [-0.4, -0.2) is 69.0 Å². The van der Waals surface area contributed by atoms with Gasteiger partial charge in [-0.25, -0.2) is 19.4 Å². The molecule has 1 fully saturated rings. The Morgan fingerprint density at radius 2 is 2.13 bits per heavy atom. The van der Waals surface area contributed by atoms with Crippen LogP contribution >= 0.6 is 0 Å². The fourth-order valence-electron chi connectivity index (χ4n) is 3.41. The highest BCUT2D eigenvalue weighted by Gasteiger charge is 2.47. The number of hydroxylamine groups is 2. The Balaban J connectivity index is 1.88. The van der Waals surface area contributed by atoms with Crippen molar-refractivity contribution in [2.24, 2.45) is 7.05 Å². The van der Waals surface area contributed by atoms with Gasteiger partial charge in [-0.05, 0) is 26.3 Å². The van der Waals surface area contributed by atoms with Crippen LogP contribution in [0.3, 0.4) is 0 Å². The van der Waals surface area contributed by atoms with Crippen molar-refractivity contribution in [1.82, 2.24) is 24.8 Å². The number of alkyl carbamates (subject to hydrolysis) is 1. The standard InChI is InChI=1S/C20H27N5O5/c1-6-7-29-25-16-12-24(19(25)28)14(10-22-18(27)30-20(2,3)4)8-15(16)13-9-21-17(26)23(5)11-13/h6,8-9,11,14,16H,1,7,10,12H2,2-5H3,(H,22,27). The first-order valence-corrected chi connectivity index (χ1v) is 9.66. The van der Waals surface area contributed by atoms with Gasteiger partial charge in [-0.1, -0.05) is 12.2 Å². The van der Waals surface area contributed by atoms with Gasteiger partial charge in [0.05, 0.1) is 19.2 Å². The molecule has 0 radical (unpaired) electrons. The van der Waals surface area contributed by atoms with Gasteiger partial charge in [0.15, 0.2) is 0 Å². The van der Waals surface area contributed by atoms with Gasteiger partial charge < -0.3 is 19.5 Å². The highest BCUT2D eigenvalue weighted by atomic mass is 16.7. The Morgan fingerprint density at radius 1 is 1.40 bits per heavy atom. The number of ether oxygens (including phenoxy) is 1. The van der Waals surface area contributed by atoms with E-state index >= 15 is 0 Å². The summed E-state index contributed by atoms with van der Waals surface area (Å²) >= 11 is 0. The minimum absolute atomic E-state index is 0.172. The molecule has 2 aliphatic heterocycles. The van der Waals surface area contributed by atoms with E-state index in [2.05, 4.69) is 16.9 Å². The van der Waals surface area contributed by atoms with Crippen molar-refractivity contribution >= 4 is 17.7 Å². The minimum Gasteiger partial charge on any atom is -0.444 e. The molecule has 0 aromatic carbocycles. The molecule has 2 bridgehead atoms. The zero-order valence-corrected chi connectivity index (χ0v) is 17.6. The van der Waals surface area contributed by atoms with E-state index in [9.17, 15) is 14.4 Å². The summed E-state index contributed by atoms with van der Waals surface area (Å²) in [7, 11) is 1.61. The summed E-state index contributed by atoms with van der Waals surface area (Å²) in [5.74, 6) is 0. The molecule has 1 N–H and O–H groups in total. The van der Waals surface area contributed by atoms with E-state index in [1.165, 1.54) is 15.8 Å². The first-order chi connectivity index (χ1) is 14.1. The number of carbonyl (C=O) groups excluding carboxylic acids is 2. The average Bonchev–Trinajstić information content (AvgIpc) is 2.93. The largest absolute Gasteiger partial charge is 0.444 e. The molecule has 1 aromatic rings. The highest BCUT2D eigenvalue weighted by Crippen LogP contribution is 2.35. The van der Waals surface area contributed by atoms with Crippen molar-refractivity contribution < 1.29 is 19.2 Å². The molecule has 3 rings (SSSR count). The van der Waals surface area contributed by atoms with Gasteiger partial charge in [0, 0.05) is 31.5 Å². The fourth-order valence-corrected chi connectivity index (χ4v) is 3.41. The van der Waals surface area contributed by atoms with E-state index in [4.69, 9.17) is 9.57 Å². The summed E-state index contributed by atoms with van der Waals surface area (Å²) in [5.41, 5.74) is 0.496. The van der Waals surface area contributed by atoms with Gasteiger partial charge in [-0.15, -0.1) is 6.58 Å². The summed E-state index contributed by atoms with van der Waals surface area (Å²) in [6.45, 7) is 9.69. The first kappa shape index (κ1) is 21.6. The predicted molar refractivity (Wildman–Crippen MR) is 109 cm³/mol. The van der Waals surface area contributed by atoms with Gasteiger partial charge in [-0.3, -0.25) is 4.84 Å². The van der Waals surface area contributed by atoms with Crippen LogP contribution < -0.4 is 11.0 Å². The van der Waals surface area contributed by atoms with Crippen LogP contribution in [0.2, 0.25) is 0 Å². The van der Waals surface area contributed by atoms with E-state index in [0.717, 1.165) is 5.57 Å². The van der Waals surface area contributed by atoms with E-state index in [1.807, 2.05) is 6.08 Å². The molecule has 2 unspecified atom stereocenters. The SMILES string of the molecule is C=CCON1C(=O)N2CC1C(c1cnc(=O)n(C)c1)=CC2CNC(=O)OC(C)(C)C. The second kappa shape index (κ2) is 8.31. The lowest BCUT2D eigenvalue weighted by atomic mass is 9.95.